The summed E-state index contributed by atoms with van der Waals surface area (Å²) in [5.41, 5.74) is 3.16. The highest BCUT2D eigenvalue weighted by molar-refractivity contribution is 5.80. The Hall–Kier alpha value is -1.88. The van der Waals surface area contributed by atoms with E-state index in [4.69, 9.17) is 0 Å². The van der Waals surface area contributed by atoms with Crippen molar-refractivity contribution in [1.82, 2.24) is 20.2 Å². The van der Waals surface area contributed by atoms with Crippen molar-refractivity contribution in [2.75, 3.05) is 13.1 Å². The van der Waals surface area contributed by atoms with Gasteiger partial charge in [0, 0.05) is 26.7 Å². The molecule has 3 rings (SSSR count). The monoisotopic (exact) mass is 244 g/mol. The van der Waals surface area contributed by atoms with Crippen LogP contribution in [0.25, 0.3) is 11.0 Å². The maximum atomic E-state index is 11.7. The summed E-state index contributed by atoms with van der Waals surface area (Å²) in [4.78, 5) is 16.0. The Morgan fingerprint density at radius 1 is 1.56 bits per heavy atom. The first-order chi connectivity index (χ1) is 8.74. The molecule has 0 spiro atoms. The van der Waals surface area contributed by atoms with Crippen LogP contribution >= 0.6 is 0 Å². The van der Waals surface area contributed by atoms with E-state index in [1.54, 1.807) is 6.33 Å². The van der Waals surface area contributed by atoms with Gasteiger partial charge in [-0.1, -0.05) is 6.07 Å². The highest BCUT2D eigenvalue weighted by Gasteiger charge is 2.24. The second kappa shape index (κ2) is 4.42. The largest absolute Gasteiger partial charge is 0.352 e. The van der Waals surface area contributed by atoms with Crippen LogP contribution in [0.2, 0.25) is 0 Å². The van der Waals surface area contributed by atoms with Crippen molar-refractivity contribution in [2.24, 2.45) is 13.0 Å². The molecule has 1 amide bonds. The predicted octanol–water partition coefficient (Wildman–Crippen LogP) is 0.409. The maximum Gasteiger partial charge on any atom is 0.225 e. The molecule has 1 aromatic carbocycles. The Morgan fingerprint density at radius 2 is 2.39 bits per heavy atom. The van der Waals surface area contributed by atoms with E-state index in [-0.39, 0.29) is 11.8 Å². The lowest BCUT2D eigenvalue weighted by Crippen LogP contribution is -2.50. The van der Waals surface area contributed by atoms with Crippen molar-refractivity contribution in [3.63, 3.8) is 0 Å². The molecule has 1 aliphatic heterocycles. The van der Waals surface area contributed by atoms with E-state index in [1.807, 2.05) is 29.8 Å². The topological polar surface area (TPSA) is 59.0 Å². The number of benzene rings is 1. The summed E-state index contributed by atoms with van der Waals surface area (Å²) in [7, 11) is 1.97. The van der Waals surface area contributed by atoms with Gasteiger partial charge in [-0.3, -0.25) is 4.79 Å². The number of fused-ring (bicyclic) bond motifs is 1. The SMILES string of the molecule is Cn1cnc2cc(CNC(=O)C3CNC3)ccc21. The van der Waals surface area contributed by atoms with E-state index in [1.165, 1.54) is 0 Å². The molecule has 5 heteroatoms. The molecule has 0 radical (unpaired) electrons. The number of hydrogen-bond acceptors (Lipinski definition) is 3. The third-order valence-corrected chi connectivity index (χ3v) is 3.41. The van der Waals surface area contributed by atoms with E-state index >= 15 is 0 Å². The van der Waals surface area contributed by atoms with E-state index < -0.39 is 0 Å². The van der Waals surface area contributed by atoms with Crippen LogP contribution in [-0.2, 0) is 18.4 Å². The lowest BCUT2D eigenvalue weighted by molar-refractivity contribution is -0.126. The zero-order chi connectivity index (χ0) is 12.5. The molecule has 2 N–H and O–H groups in total. The Labute approximate surface area is 105 Å². The molecule has 5 nitrogen and oxygen atoms in total. The van der Waals surface area contributed by atoms with Gasteiger partial charge in [0.1, 0.15) is 0 Å². The summed E-state index contributed by atoms with van der Waals surface area (Å²) < 4.78 is 1.98. The van der Waals surface area contributed by atoms with Gasteiger partial charge in [0.05, 0.1) is 23.3 Å². The number of nitrogens with zero attached hydrogens (tertiary/aromatic N) is 2. The fourth-order valence-corrected chi connectivity index (χ4v) is 2.10. The van der Waals surface area contributed by atoms with Crippen LogP contribution in [0, 0.1) is 5.92 Å². The normalized spacial score (nSPS) is 15.6. The minimum absolute atomic E-state index is 0.134. The Balaban J connectivity index is 1.68. The minimum Gasteiger partial charge on any atom is -0.352 e. The van der Waals surface area contributed by atoms with E-state index in [0.29, 0.717) is 6.54 Å². The quantitative estimate of drug-likeness (QED) is 0.822. The standard InChI is InChI=1S/C13H16N4O/c1-17-8-16-11-4-9(2-3-12(11)17)5-15-13(18)10-6-14-7-10/h2-4,8,10,14H,5-7H2,1H3,(H,15,18). The summed E-state index contributed by atoms with van der Waals surface area (Å²) in [5.74, 6) is 0.276. The first-order valence-corrected chi connectivity index (χ1v) is 6.12. The van der Waals surface area contributed by atoms with E-state index in [0.717, 1.165) is 29.7 Å². The molecule has 1 aliphatic rings. The summed E-state index contributed by atoms with van der Waals surface area (Å²) in [6.07, 6.45) is 1.80. The number of carbonyl (C=O) groups is 1. The van der Waals surface area contributed by atoms with Gasteiger partial charge < -0.3 is 15.2 Å². The van der Waals surface area contributed by atoms with Gasteiger partial charge in [-0.05, 0) is 17.7 Å². The maximum absolute atomic E-state index is 11.7. The molecule has 1 aromatic heterocycles. The Kier molecular flexibility index (Phi) is 2.76. The van der Waals surface area contributed by atoms with Crippen LogP contribution in [0.3, 0.4) is 0 Å². The minimum atomic E-state index is 0.134. The average molecular weight is 244 g/mol. The lowest BCUT2D eigenvalue weighted by atomic mass is 10.0. The summed E-state index contributed by atoms with van der Waals surface area (Å²) in [6, 6.07) is 6.09. The summed E-state index contributed by atoms with van der Waals surface area (Å²) >= 11 is 0. The van der Waals surface area contributed by atoms with Gasteiger partial charge in [0.2, 0.25) is 5.91 Å². The van der Waals surface area contributed by atoms with Crippen LogP contribution in [0.4, 0.5) is 0 Å². The van der Waals surface area contributed by atoms with Crippen LogP contribution in [0.15, 0.2) is 24.5 Å². The molecule has 0 aliphatic carbocycles. The number of aromatic nitrogens is 2. The van der Waals surface area contributed by atoms with Crippen LogP contribution in [0.1, 0.15) is 5.56 Å². The van der Waals surface area contributed by atoms with Crippen LogP contribution < -0.4 is 10.6 Å². The molecule has 0 unspecified atom stereocenters. The molecule has 1 fully saturated rings. The lowest BCUT2D eigenvalue weighted by Gasteiger charge is -2.25. The number of hydrogen-bond donors (Lipinski definition) is 2. The van der Waals surface area contributed by atoms with Gasteiger partial charge in [0.15, 0.2) is 0 Å². The van der Waals surface area contributed by atoms with E-state index in [2.05, 4.69) is 15.6 Å². The third-order valence-electron chi connectivity index (χ3n) is 3.41. The first kappa shape index (κ1) is 11.2. The third kappa shape index (κ3) is 1.97. The smallest absolute Gasteiger partial charge is 0.225 e. The fraction of sp³-hybridized carbons (Fsp3) is 0.385. The van der Waals surface area contributed by atoms with Crippen molar-refractivity contribution in [2.45, 2.75) is 6.54 Å². The molecule has 94 valence electrons. The van der Waals surface area contributed by atoms with Crippen molar-refractivity contribution in [1.29, 1.82) is 0 Å². The second-order valence-corrected chi connectivity index (χ2v) is 4.75. The molecular weight excluding hydrogens is 228 g/mol. The zero-order valence-electron chi connectivity index (χ0n) is 10.3. The molecule has 0 atom stereocenters. The van der Waals surface area contributed by atoms with Crippen LogP contribution in [-0.4, -0.2) is 28.5 Å². The number of aryl methyl sites for hydroxylation is 1. The first-order valence-electron chi connectivity index (χ1n) is 6.12. The predicted molar refractivity (Wildman–Crippen MR) is 68.9 cm³/mol. The van der Waals surface area contributed by atoms with E-state index in [9.17, 15) is 4.79 Å². The van der Waals surface area contributed by atoms with Gasteiger partial charge in [0.25, 0.3) is 0 Å². The summed E-state index contributed by atoms with van der Waals surface area (Å²) in [6.45, 7) is 2.16. The van der Waals surface area contributed by atoms with Crippen LogP contribution in [0.5, 0.6) is 0 Å². The number of amides is 1. The number of rotatable bonds is 3. The van der Waals surface area contributed by atoms with Crippen molar-refractivity contribution >= 4 is 16.9 Å². The van der Waals surface area contributed by atoms with Gasteiger partial charge >= 0.3 is 0 Å². The zero-order valence-corrected chi connectivity index (χ0v) is 10.3. The number of imidazole rings is 1. The molecule has 0 saturated carbocycles. The highest BCUT2D eigenvalue weighted by atomic mass is 16.2. The number of nitrogens with one attached hydrogen (secondary N) is 2. The molecule has 1 saturated heterocycles. The van der Waals surface area contributed by atoms with Gasteiger partial charge in [-0.2, -0.15) is 0 Å². The second-order valence-electron chi connectivity index (χ2n) is 4.75. The molecule has 18 heavy (non-hydrogen) atoms. The van der Waals surface area contributed by atoms with Gasteiger partial charge in [-0.15, -0.1) is 0 Å². The molecule has 2 aromatic rings. The van der Waals surface area contributed by atoms with Crippen molar-refractivity contribution < 1.29 is 4.79 Å². The molecular formula is C13H16N4O. The van der Waals surface area contributed by atoms with Crippen molar-refractivity contribution in [3.05, 3.63) is 30.1 Å². The van der Waals surface area contributed by atoms with Gasteiger partial charge in [-0.25, -0.2) is 4.98 Å². The molecule has 0 bridgehead atoms. The van der Waals surface area contributed by atoms with Crippen molar-refractivity contribution in [3.8, 4) is 0 Å². The molecule has 2 heterocycles. The summed E-state index contributed by atoms with van der Waals surface area (Å²) in [5, 5.41) is 6.05. The fourth-order valence-electron chi connectivity index (χ4n) is 2.10. The highest BCUT2D eigenvalue weighted by Crippen LogP contribution is 2.14. The number of carbonyl (C=O) groups excluding carboxylic acids is 1. The Morgan fingerprint density at radius 3 is 3.11 bits per heavy atom. The average Bonchev–Trinajstić information content (AvgIpc) is 2.66. The Bertz CT molecular complexity index is 586.